The number of nitrogens with one attached hydrogen (secondary N) is 1. The Labute approximate surface area is 147 Å². The van der Waals surface area contributed by atoms with E-state index in [1.54, 1.807) is 11.8 Å². The average molecular weight is 348 g/mol. The van der Waals surface area contributed by atoms with Gasteiger partial charge < -0.3 is 5.32 Å². The number of carbonyl (C=O) groups excluding carboxylic acids is 1. The maximum absolute atomic E-state index is 12.0. The molecule has 0 aliphatic rings. The van der Waals surface area contributed by atoms with Crippen LogP contribution >= 0.6 is 23.4 Å². The first-order chi connectivity index (χ1) is 11.0. The highest BCUT2D eigenvalue weighted by atomic mass is 35.5. The average Bonchev–Trinajstić information content (AvgIpc) is 2.50. The first-order valence-electron chi connectivity index (χ1n) is 7.69. The van der Waals surface area contributed by atoms with E-state index in [9.17, 15) is 4.79 Å². The first-order valence-corrected chi connectivity index (χ1v) is 9.23. The molecule has 2 aromatic carbocycles. The van der Waals surface area contributed by atoms with E-state index in [0.29, 0.717) is 13.0 Å². The lowest BCUT2D eigenvalue weighted by Crippen LogP contribution is -2.27. The molecule has 2 nitrogen and oxygen atoms in total. The van der Waals surface area contributed by atoms with Crippen molar-refractivity contribution in [2.24, 2.45) is 0 Å². The normalized spacial score (nSPS) is 10.6. The molecule has 23 heavy (non-hydrogen) atoms. The van der Waals surface area contributed by atoms with Crippen molar-refractivity contribution >= 4 is 29.3 Å². The Morgan fingerprint density at radius 3 is 2.74 bits per heavy atom. The van der Waals surface area contributed by atoms with Gasteiger partial charge in [0.2, 0.25) is 5.91 Å². The van der Waals surface area contributed by atoms with Gasteiger partial charge in [-0.05, 0) is 42.7 Å². The highest BCUT2D eigenvalue weighted by Crippen LogP contribution is 2.16. The van der Waals surface area contributed by atoms with E-state index in [4.69, 9.17) is 11.6 Å². The van der Waals surface area contributed by atoms with Crippen molar-refractivity contribution in [1.29, 1.82) is 0 Å². The fraction of sp³-hybridized carbons (Fsp3) is 0.316. The van der Waals surface area contributed by atoms with E-state index in [2.05, 4.69) is 37.4 Å². The molecule has 0 aliphatic heterocycles. The number of carbonyl (C=O) groups is 1. The second-order valence-electron chi connectivity index (χ2n) is 5.64. The van der Waals surface area contributed by atoms with Crippen LogP contribution in [0.2, 0.25) is 5.02 Å². The molecule has 0 saturated carbocycles. The molecule has 1 amide bonds. The van der Waals surface area contributed by atoms with Gasteiger partial charge in [0, 0.05) is 23.1 Å². The molecule has 4 heteroatoms. The van der Waals surface area contributed by atoms with Gasteiger partial charge in [-0.1, -0.05) is 47.5 Å². The number of halogens is 1. The van der Waals surface area contributed by atoms with Crippen molar-refractivity contribution in [1.82, 2.24) is 5.32 Å². The zero-order valence-electron chi connectivity index (χ0n) is 13.6. The molecule has 122 valence electrons. The summed E-state index contributed by atoms with van der Waals surface area (Å²) < 4.78 is 0. The number of thioether (sulfide) groups is 1. The van der Waals surface area contributed by atoms with Crippen molar-refractivity contribution in [3.63, 3.8) is 0 Å². The second kappa shape index (κ2) is 8.99. The number of hydrogen-bond acceptors (Lipinski definition) is 2. The monoisotopic (exact) mass is 347 g/mol. The summed E-state index contributed by atoms with van der Waals surface area (Å²) in [5.41, 5.74) is 4.71. The van der Waals surface area contributed by atoms with Crippen LogP contribution in [-0.4, -0.2) is 18.2 Å². The first kappa shape index (κ1) is 17.9. The van der Waals surface area contributed by atoms with E-state index in [0.717, 1.165) is 22.1 Å². The summed E-state index contributed by atoms with van der Waals surface area (Å²) in [4.78, 5) is 12.0. The summed E-state index contributed by atoms with van der Waals surface area (Å²) in [7, 11) is 0. The molecule has 0 spiro atoms. The third-order valence-corrected chi connectivity index (χ3v) is 4.84. The minimum Gasteiger partial charge on any atom is -0.355 e. The number of benzene rings is 2. The molecule has 0 radical (unpaired) electrons. The molecule has 1 N–H and O–H groups in total. The maximum Gasteiger partial charge on any atom is 0.224 e. The standard InChI is InChI=1S/C19H22ClNOS/c1-14-6-7-17(15(2)10-14)12-19(22)21-8-9-23-13-16-4-3-5-18(20)11-16/h3-7,10-11H,8-9,12-13H2,1-2H3,(H,21,22). The Bertz CT molecular complexity index is 672. The molecular formula is C19H22ClNOS. The van der Waals surface area contributed by atoms with Crippen LogP contribution in [-0.2, 0) is 17.0 Å². The zero-order chi connectivity index (χ0) is 16.7. The lowest BCUT2D eigenvalue weighted by atomic mass is 10.0. The third-order valence-electron chi connectivity index (χ3n) is 3.58. The molecule has 0 fully saturated rings. The predicted molar refractivity (Wildman–Crippen MR) is 100 cm³/mol. The predicted octanol–water partition coefficient (Wildman–Crippen LogP) is 4.55. The smallest absolute Gasteiger partial charge is 0.224 e. The Hall–Kier alpha value is -1.45. The summed E-state index contributed by atoms with van der Waals surface area (Å²) in [6.45, 7) is 4.80. The summed E-state index contributed by atoms with van der Waals surface area (Å²) in [6, 6.07) is 14.1. The van der Waals surface area contributed by atoms with Gasteiger partial charge >= 0.3 is 0 Å². The molecular weight excluding hydrogens is 326 g/mol. The molecule has 0 bridgehead atoms. The number of amides is 1. The Morgan fingerprint density at radius 2 is 2.00 bits per heavy atom. The molecule has 2 rings (SSSR count). The Morgan fingerprint density at radius 1 is 1.17 bits per heavy atom. The topological polar surface area (TPSA) is 29.1 Å². The van der Waals surface area contributed by atoms with Gasteiger partial charge in [0.15, 0.2) is 0 Å². The van der Waals surface area contributed by atoms with Crippen molar-refractivity contribution in [2.75, 3.05) is 12.3 Å². The second-order valence-corrected chi connectivity index (χ2v) is 7.18. The molecule has 0 saturated heterocycles. The van der Waals surface area contributed by atoms with Crippen LogP contribution < -0.4 is 5.32 Å². The van der Waals surface area contributed by atoms with Gasteiger partial charge in [0.1, 0.15) is 0 Å². The summed E-state index contributed by atoms with van der Waals surface area (Å²) in [6.07, 6.45) is 0.449. The van der Waals surface area contributed by atoms with E-state index >= 15 is 0 Å². The Balaban J connectivity index is 1.67. The lowest BCUT2D eigenvalue weighted by Gasteiger charge is -2.08. The van der Waals surface area contributed by atoms with Gasteiger partial charge in [-0.3, -0.25) is 4.79 Å². The summed E-state index contributed by atoms with van der Waals surface area (Å²) >= 11 is 7.75. The van der Waals surface area contributed by atoms with Crippen molar-refractivity contribution in [3.8, 4) is 0 Å². The highest BCUT2D eigenvalue weighted by Gasteiger charge is 2.05. The van der Waals surface area contributed by atoms with Gasteiger partial charge in [-0.2, -0.15) is 11.8 Å². The lowest BCUT2D eigenvalue weighted by molar-refractivity contribution is -0.120. The maximum atomic E-state index is 12.0. The van der Waals surface area contributed by atoms with Gasteiger partial charge in [0.25, 0.3) is 0 Å². The number of aryl methyl sites for hydroxylation is 2. The number of rotatable bonds is 7. The van der Waals surface area contributed by atoms with Crippen LogP contribution in [0.25, 0.3) is 0 Å². The number of hydrogen-bond donors (Lipinski definition) is 1. The van der Waals surface area contributed by atoms with E-state index in [1.165, 1.54) is 16.7 Å². The SMILES string of the molecule is Cc1ccc(CC(=O)NCCSCc2cccc(Cl)c2)c(C)c1. The van der Waals surface area contributed by atoms with E-state index in [1.807, 2.05) is 24.3 Å². The molecule has 0 atom stereocenters. The zero-order valence-corrected chi connectivity index (χ0v) is 15.1. The van der Waals surface area contributed by atoms with Gasteiger partial charge in [0.05, 0.1) is 6.42 Å². The van der Waals surface area contributed by atoms with Crippen LogP contribution in [0.1, 0.15) is 22.3 Å². The van der Waals surface area contributed by atoms with Crippen LogP contribution in [0, 0.1) is 13.8 Å². The highest BCUT2D eigenvalue weighted by molar-refractivity contribution is 7.98. The van der Waals surface area contributed by atoms with Crippen molar-refractivity contribution < 1.29 is 4.79 Å². The van der Waals surface area contributed by atoms with E-state index < -0.39 is 0 Å². The minimum atomic E-state index is 0.0836. The largest absolute Gasteiger partial charge is 0.355 e. The summed E-state index contributed by atoms with van der Waals surface area (Å²) in [5.74, 6) is 1.89. The van der Waals surface area contributed by atoms with Crippen LogP contribution in [0.15, 0.2) is 42.5 Å². The third kappa shape index (κ3) is 6.28. The fourth-order valence-electron chi connectivity index (χ4n) is 2.36. The molecule has 0 aliphatic carbocycles. The molecule has 0 heterocycles. The van der Waals surface area contributed by atoms with Crippen molar-refractivity contribution in [2.45, 2.75) is 26.0 Å². The van der Waals surface area contributed by atoms with Crippen LogP contribution in [0.3, 0.4) is 0 Å². The van der Waals surface area contributed by atoms with E-state index in [-0.39, 0.29) is 5.91 Å². The van der Waals surface area contributed by atoms with Crippen LogP contribution in [0.5, 0.6) is 0 Å². The Kier molecular flexibility index (Phi) is 7.00. The molecule has 2 aromatic rings. The fourth-order valence-corrected chi connectivity index (χ4v) is 3.38. The minimum absolute atomic E-state index is 0.0836. The van der Waals surface area contributed by atoms with Crippen molar-refractivity contribution in [3.05, 3.63) is 69.7 Å². The quantitative estimate of drug-likeness (QED) is 0.744. The van der Waals surface area contributed by atoms with Crippen LogP contribution in [0.4, 0.5) is 0 Å². The summed E-state index contributed by atoms with van der Waals surface area (Å²) in [5, 5.41) is 3.75. The molecule has 0 unspecified atom stereocenters. The van der Waals surface area contributed by atoms with Gasteiger partial charge in [-0.25, -0.2) is 0 Å². The molecule has 0 aromatic heterocycles. The van der Waals surface area contributed by atoms with Gasteiger partial charge in [-0.15, -0.1) is 0 Å².